The molecule has 0 saturated carbocycles. The summed E-state index contributed by atoms with van der Waals surface area (Å²) in [5.41, 5.74) is 6.12. The van der Waals surface area contributed by atoms with Crippen LogP contribution < -0.4 is 5.73 Å². The molecule has 7 heteroatoms. The SMILES string of the molecule is Cl.NCc1noc(-c2cc(Br)c[nH]2)n1. The van der Waals surface area contributed by atoms with E-state index >= 15 is 0 Å². The minimum absolute atomic E-state index is 0. The monoisotopic (exact) mass is 278 g/mol. The number of nitrogens with zero attached hydrogens (tertiary/aromatic N) is 2. The van der Waals surface area contributed by atoms with Crippen molar-refractivity contribution < 1.29 is 4.52 Å². The van der Waals surface area contributed by atoms with Crippen LogP contribution in [0.2, 0.25) is 0 Å². The number of nitrogens with two attached hydrogens (primary N) is 1. The van der Waals surface area contributed by atoms with Gasteiger partial charge >= 0.3 is 0 Å². The highest BCUT2D eigenvalue weighted by Gasteiger charge is 2.08. The molecule has 0 radical (unpaired) electrons. The normalized spacial score (nSPS) is 9.86. The van der Waals surface area contributed by atoms with Crippen LogP contribution in [-0.2, 0) is 6.54 Å². The lowest BCUT2D eigenvalue weighted by Gasteiger charge is -1.83. The van der Waals surface area contributed by atoms with E-state index in [-0.39, 0.29) is 19.0 Å². The summed E-state index contributed by atoms with van der Waals surface area (Å²) in [6.07, 6.45) is 1.79. The Morgan fingerprint density at radius 1 is 1.57 bits per heavy atom. The van der Waals surface area contributed by atoms with Gasteiger partial charge in [0.25, 0.3) is 5.89 Å². The predicted molar refractivity (Wildman–Crippen MR) is 56.9 cm³/mol. The molecule has 0 aromatic carbocycles. The molecule has 0 bridgehead atoms. The van der Waals surface area contributed by atoms with Gasteiger partial charge in [0.1, 0.15) is 5.69 Å². The Balaban J connectivity index is 0.000000980. The van der Waals surface area contributed by atoms with Crippen LogP contribution in [0.3, 0.4) is 0 Å². The molecule has 0 unspecified atom stereocenters. The van der Waals surface area contributed by atoms with Crippen LogP contribution in [0.15, 0.2) is 21.3 Å². The highest BCUT2D eigenvalue weighted by molar-refractivity contribution is 9.10. The maximum Gasteiger partial charge on any atom is 0.274 e. The Bertz CT molecular complexity index is 413. The Labute approximate surface area is 94.6 Å². The summed E-state index contributed by atoms with van der Waals surface area (Å²) in [6.45, 7) is 0.283. The van der Waals surface area contributed by atoms with Crippen molar-refractivity contribution >= 4 is 28.3 Å². The summed E-state index contributed by atoms with van der Waals surface area (Å²) in [5.74, 6) is 0.951. The van der Waals surface area contributed by atoms with Crippen molar-refractivity contribution in [2.24, 2.45) is 5.73 Å². The fourth-order valence-corrected chi connectivity index (χ4v) is 1.28. The smallest absolute Gasteiger partial charge is 0.274 e. The number of hydrogen-bond donors (Lipinski definition) is 2. The second-order valence-corrected chi connectivity index (χ2v) is 3.37. The zero-order valence-corrected chi connectivity index (χ0v) is 9.43. The van der Waals surface area contributed by atoms with Crippen molar-refractivity contribution in [3.8, 4) is 11.6 Å². The topological polar surface area (TPSA) is 80.7 Å². The molecule has 0 aliphatic rings. The lowest BCUT2D eigenvalue weighted by Crippen LogP contribution is -1.97. The summed E-state index contributed by atoms with van der Waals surface area (Å²) in [7, 11) is 0. The molecular formula is C7H8BrClN4O. The quantitative estimate of drug-likeness (QED) is 0.877. The average molecular weight is 280 g/mol. The van der Waals surface area contributed by atoms with E-state index in [9.17, 15) is 0 Å². The van der Waals surface area contributed by atoms with Gasteiger partial charge in [-0.15, -0.1) is 12.4 Å². The highest BCUT2D eigenvalue weighted by Crippen LogP contribution is 2.19. The first-order chi connectivity index (χ1) is 6.29. The molecule has 2 aromatic rings. The minimum Gasteiger partial charge on any atom is -0.356 e. The van der Waals surface area contributed by atoms with Gasteiger partial charge in [0.2, 0.25) is 0 Å². The van der Waals surface area contributed by atoms with E-state index in [0.717, 1.165) is 10.2 Å². The van der Waals surface area contributed by atoms with Gasteiger partial charge in [0, 0.05) is 10.7 Å². The lowest BCUT2D eigenvalue weighted by molar-refractivity contribution is 0.422. The van der Waals surface area contributed by atoms with E-state index in [4.69, 9.17) is 10.3 Å². The largest absolute Gasteiger partial charge is 0.356 e. The van der Waals surface area contributed by atoms with E-state index in [1.807, 2.05) is 6.07 Å². The summed E-state index contributed by atoms with van der Waals surface area (Å²) < 4.78 is 5.90. The van der Waals surface area contributed by atoms with E-state index in [1.165, 1.54) is 0 Å². The number of nitrogens with one attached hydrogen (secondary N) is 1. The van der Waals surface area contributed by atoms with Crippen LogP contribution in [0.4, 0.5) is 0 Å². The number of rotatable bonds is 2. The van der Waals surface area contributed by atoms with Gasteiger partial charge in [-0.05, 0) is 22.0 Å². The Kier molecular flexibility index (Phi) is 3.68. The fraction of sp³-hybridized carbons (Fsp3) is 0.143. The molecular weight excluding hydrogens is 271 g/mol. The molecule has 0 aliphatic heterocycles. The maximum atomic E-state index is 5.34. The fourth-order valence-electron chi connectivity index (χ4n) is 0.938. The standard InChI is InChI=1S/C7H7BrN4O.ClH/c8-4-1-5(10-3-4)7-11-6(2-9)12-13-7;/h1,3,10H,2,9H2;1H. The van der Waals surface area contributed by atoms with Gasteiger partial charge < -0.3 is 15.2 Å². The van der Waals surface area contributed by atoms with Gasteiger partial charge in [-0.1, -0.05) is 5.16 Å². The number of hydrogen-bond acceptors (Lipinski definition) is 4. The second-order valence-electron chi connectivity index (χ2n) is 2.45. The van der Waals surface area contributed by atoms with Gasteiger partial charge in [0.15, 0.2) is 5.82 Å². The molecule has 0 fully saturated rings. The summed E-state index contributed by atoms with van der Waals surface area (Å²) in [6, 6.07) is 1.85. The van der Waals surface area contributed by atoms with E-state index < -0.39 is 0 Å². The van der Waals surface area contributed by atoms with Crippen LogP contribution in [-0.4, -0.2) is 15.1 Å². The third kappa shape index (κ3) is 2.14. The molecule has 0 saturated heterocycles. The van der Waals surface area contributed by atoms with Crippen molar-refractivity contribution in [2.75, 3.05) is 0 Å². The first-order valence-electron chi connectivity index (χ1n) is 3.66. The Morgan fingerprint density at radius 3 is 2.86 bits per heavy atom. The lowest BCUT2D eigenvalue weighted by atomic mass is 10.4. The second kappa shape index (κ2) is 4.59. The van der Waals surface area contributed by atoms with Gasteiger partial charge in [-0.2, -0.15) is 4.98 Å². The minimum atomic E-state index is 0. The molecule has 2 aromatic heterocycles. The number of H-pyrrole nitrogens is 1. The van der Waals surface area contributed by atoms with E-state index in [1.54, 1.807) is 6.20 Å². The Morgan fingerprint density at radius 2 is 2.36 bits per heavy atom. The molecule has 76 valence electrons. The molecule has 0 aliphatic carbocycles. The van der Waals surface area contributed by atoms with Crippen LogP contribution in [0, 0.1) is 0 Å². The van der Waals surface area contributed by atoms with Crippen molar-refractivity contribution in [2.45, 2.75) is 6.54 Å². The molecule has 0 atom stereocenters. The molecule has 0 amide bonds. The molecule has 2 rings (SSSR count). The first-order valence-corrected chi connectivity index (χ1v) is 4.46. The van der Waals surface area contributed by atoms with Crippen molar-refractivity contribution in [3.05, 3.63) is 22.6 Å². The van der Waals surface area contributed by atoms with Gasteiger partial charge in [-0.3, -0.25) is 0 Å². The third-order valence-corrected chi connectivity index (χ3v) is 1.99. The molecule has 3 N–H and O–H groups in total. The molecule has 14 heavy (non-hydrogen) atoms. The van der Waals surface area contributed by atoms with Crippen molar-refractivity contribution in [1.82, 2.24) is 15.1 Å². The summed E-state index contributed by atoms with van der Waals surface area (Å²) in [5, 5.41) is 3.67. The number of aromatic nitrogens is 3. The highest BCUT2D eigenvalue weighted by atomic mass is 79.9. The number of aromatic amines is 1. The molecule has 0 spiro atoms. The summed E-state index contributed by atoms with van der Waals surface area (Å²) in [4.78, 5) is 7.03. The van der Waals surface area contributed by atoms with E-state index in [0.29, 0.717) is 11.7 Å². The maximum absolute atomic E-state index is 5.34. The summed E-state index contributed by atoms with van der Waals surface area (Å²) >= 11 is 3.31. The van der Waals surface area contributed by atoms with Gasteiger partial charge in [0.05, 0.1) is 6.54 Å². The number of halogens is 2. The van der Waals surface area contributed by atoms with Crippen molar-refractivity contribution in [3.63, 3.8) is 0 Å². The van der Waals surface area contributed by atoms with E-state index in [2.05, 4.69) is 31.1 Å². The van der Waals surface area contributed by atoms with Crippen LogP contribution in [0.1, 0.15) is 5.82 Å². The molecule has 2 heterocycles. The third-order valence-electron chi connectivity index (χ3n) is 1.53. The zero-order valence-electron chi connectivity index (χ0n) is 7.03. The van der Waals surface area contributed by atoms with Crippen molar-refractivity contribution in [1.29, 1.82) is 0 Å². The van der Waals surface area contributed by atoms with Gasteiger partial charge in [-0.25, -0.2) is 0 Å². The average Bonchev–Trinajstić information content (AvgIpc) is 2.71. The first kappa shape index (κ1) is 11.2. The van der Waals surface area contributed by atoms with Crippen LogP contribution in [0.5, 0.6) is 0 Å². The van der Waals surface area contributed by atoms with Crippen LogP contribution in [0.25, 0.3) is 11.6 Å². The molecule has 5 nitrogen and oxygen atoms in total. The van der Waals surface area contributed by atoms with Crippen LogP contribution >= 0.6 is 28.3 Å². The predicted octanol–water partition coefficient (Wildman–Crippen LogP) is 1.71. The zero-order chi connectivity index (χ0) is 9.26. The Hall–Kier alpha value is -0.850.